The van der Waals surface area contributed by atoms with Crippen molar-refractivity contribution < 1.29 is 0 Å². The lowest BCUT2D eigenvalue weighted by Crippen LogP contribution is -2.14. The van der Waals surface area contributed by atoms with E-state index in [4.69, 9.17) is 0 Å². The van der Waals surface area contributed by atoms with Gasteiger partial charge in [-0.25, -0.2) is 0 Å². The van der Waals surface area contributed by atoms with Crippen LogP contribution in [-0.4, -0.2) is 6.54 Å². The van der Waals surface area contributed by atoms with Gasteiger partial charge in [-0.15, -0.1) is 0 Å². The highest BCUT2D eigenvalue weighted by Gasteiger charge is 2.06. The zero-order valence-electron chi connectivity index (χ0n) is 6.99. The maximum absolute atomic E-state index is 11.4. The highest BCUT2D eigenvalue weighted by molar-refractivity contribution is 5.54. The molecule has 0 N–H and O–H groups in total. The molecule has 0 atom stereocenters. The molecule has 1 aromatic rings. The van der Waals surface area contributed by atoms with Gasteiger partial charge in [-0.2, -0.15) is 0 Å². The minimum Gasteiger partial charge on any atom is -0.758 e. The van der Waals surface area contributed by atoms with E-state index in [0.29, 0.717) is 6.54 Å². The summed E-state index contributed by atoms with van der Waals surface area (Å²) >= 11 is 0. The van der Waals surface area contributed by atoms with Gasteiger partial charge in [0.15, 0.2) is 0 Å². The van der Waals surface area contributed by atoms with Crippen molar-refractivity contribution in [3.8, 4) is 0 Å². The van der Waals surface area contributed by atoms with Crippen molar-refractivity contribution in [3.63, 3.8) is 0 Å². The highest BCUT2D eigenvalue weighted by atomic mass is 16.5. The van der Waals surface area contributed by atoms with Crippen molar-refractivity contribution in [2.24, 2.45) is 0 Å². The summed E-state index contributed by atoms with van der Waals surface area (Å²) in [7, 11) is 0. The molecule has 2 rings (SSSR count). The van der Waals surface area contributed by atoms with E-state index in [1.54, 1.807) is 0 Å². The molecule has 2 nitrogen and oxygen atoms in total. The van der Waals surface area contributed by atoms with Crippen molar-refractivity contribution in [2.75, 3.05) is 11.6 Å². The van der Waals surface area contributed by atoms with E-state index < -0.39 is 0 Å². The second kappa shape index (κ2) is 3.15. The summed E-state index contributed by atoms with van der Waals surface area (Å²) in [6.07, 6.45) is 3.20. The van der Waals surface area contributed by atoms with Crippen LogP contribution in [0.1, 0.15) is 18.4 Å². The standard InChI is InChI=1S/C10H12NO/c12-11-8-4-3-6-9-5-1-2-7-10(9)11/h1-2,5,7H,3-4,6,8H2/q-1. The minimum absolute atomic E-state index is 0.650. The maximum atomic E-state index is 11.4. The molecule has 0 aromatic heterocycles. The Kier molecular flexibility index (Phi) is 2.00. The van der Waals surface area contributed by atoms with Crippen LogP contribution in [0.3, 0.4) is 0 Å². The fourth-order valence-corrected chi connectivity index (χ4v) is 1.66. The molecule has 0 spiro atoms. The third kappa shape index (κ3) is 1.30. The zero-order valence-corrected chi connectivity index (χ0v) is 6.99. The molecule has 0 bridgehead atoms. The molecule has 12 heavy (non-hydrogen) atoms. The van der Waals surface area contributed by atoms with E-state index in [2.05, 4.69) is 0 Å². The van der Waals surface area contributed by atoms with Gasteiger partial charge in [-0.1, -0.05) is 18.2 Å². The summed E-state index contributed by atoms with van der Waals surface area (Å²) < 4.78 is 0. The fraction of sp³-hybridized carbons (Fsp3) is 0.400. The van der Waals surface area contributed by atoms with Gasteiger partial charge in [-0.3, -0.25) is 0 Å². The van der Waals surface area contributed by atoms with E-state index >= 15 is 0 Å². The number of rotatable bonds is 0. The van der Waals surface area contributed by atoms with Gasteiger partial charge < -0.3 is 10.3 Å². The van der Waals surface area contributed by atoms with Gasteiger partial charge in [0.25, 0.3) is 0 Å². The van der Waals surface area contributed by atoms with E-state index in [1.807, 2.05) is 24.3 Å². The number of nitrogens with zero attached hydrogens (tertiary/aromatic N) is 1. The molecule has 64 valence electrons. The number of hydrogen-bond acceptors (Lipinski definition) is 2. The monoisotopic (exact) mass is 162 g/mol. The predicted molar refractivity (Wildman–Crippen MR) is 50.1 cm³/mol. The second-order valence-electron chi connectivity index (χ2n) is 3.19. The molecule has 0 fully saturated rings. The molecule has 0 amide bonds. The molecule has 1 aliphatic rings. The molecule has 1 aliphatic heterocycles. The first-order valence-corrected chi connectivity index (χ1v) is 4.40. The van der Waals surface area contributed by atoms with Gasteiger partial charge in [0.1, 0.15) is 0 Å². The minimum atomic E-state index is 0.650. The summed E-state index contributed by atoms with van der Waals surface area (Å²) in [5, 5.41) is 12.5. The second-order valence-corrected chi connectivity index (χ2v) is 3.19. The normalized spacial score (nSPS) is 16.9. The number of hydroxylamine groups is 1. The third-order valence-electron chi connectivity index (χ3n) is 2.32. The lowest BCUT2D eigenvalue weighted by Gasteiger charge is -2.30. The predicted octanol–water partition coefficient (Wildman–Crippen LogP) is 2.33. The Morgan fingerprint density at radius 1 is 1.17 bits per heavy atom. The number of anilines is 1. The van der Waals surface area contributed by atoms with Crippen molar-refractivity contribution in [1.82, 2.24) is 0 Å². The Balaban J connectivity index is 2.39. The van der Waals surface area contributed by atoms with Gasteiger partial charge >= 0.3 is 0 Å². The summed E-state index contributed by atoms with van der Waals surface area (Å²) in [6, 6.07) is 7.88. The van der Waals surface area contributed by atoms with Crippen LogP contribution in [0.25, 0.3) is 0 Å². The Morgan fingerprint density at radius 2 is 2.00 bits per heavy atom. The van der Waals surface area contributed by atoms with Crippen LogP contribution in [0.2, 0.25) is 0 Å². The number of benzene rings is 1. The largest absolute Gasteiger partial charge is 0.758 e. The maximum Gasteiger partial charge on any atom is 0.0291 e. The fourth-order valence-electron chi connectivity index (χ4n) is 1.66. The first-order chi connectivity index (χ1) is 5.88. The topological polar surface area (TPSA) is 26.3 Å². The van der Waals surface area contributed by atoms with Crippen molar-refractivity contribution in [3.05, 3.63) is 35.0 Å². The van der Waals surface area contributed by atoms with Gasteiger partial charge in [0.05, 0.1) is 0 Å². The summed E-state index contributed by atoms with van der Waals surface area (Å²) in [5.41, 5.74) is 2.07. The van der Waals surface area contributed by atoms with Crippen LogP contribution < -0.4 is 5.06 Å². The van der Waals surface area contributed by atoms with Crippen molar-refractivity contribution in [2.45, 2.75) is 19.3 Å². The van der Waals surface area contributed by atoms with E-state index in [9.17, 15) is 5.21 Å². The molecule has 1 heterocycles. The number of para-hydroxylation sites is 1. The Labute approximate surface area is 72.4 Å². The Morgan fingerprint density at radius 3 is 2.92 bits per heavy atom. The lowest BCUT2D eigenvalue weighted by molar-refractivity contribution is 0.760. The summed E-state index contributed by atoms with van der Waals surface area (Å²) in [4.78, 5) is 0. The number of aryl methyl sites for hydroxylation is 1. The van der Waals surface area contributed by atoms with Crippen LogP contribution in [0.15, 0.2) is 24.3 Å². The van der Waals surface area contributed by atoms with Crippen molar-refractivity contribution in [1.29, 1.82) is 0 Å². The molecular weight excluding hydrogens is 150 g/mol. The quantitative estimate of drug-likeness (QED) is 0.585. The molecule has 2 heteroatoms. The summed E-state index contributed by atoms with van der Waals surface area (Å²) in [6.45, 7) is 0.650. The smallest absolute Gasteiger partial charge is 0.0291 e. The van der Waals surface area contributed by atoms with Gasteiger partial charge in [0, 0.05) is 12.2 Å². The lowest BCUT2D eigenvalue weighted by atomic mass is 10.1. The summed E-state index contributed by atoms with van der Waals surface area (Å²) in [5.74, 6) is 0. The average molecular weight is 162 g/mol. The van der Waals surface area contributed by atoms with Crippen LogP contribution >= 0.6 is 0 Å². The first-order valence-electron chi connectivity index (χ1n) is 4.40. The first kappa shape index (κ1) is 7.62. The van der Waals surface area contributed by atoms with E-state index in [-0.39, 0.29) is 0 Å². The molecule has 0 saturated heterocycles. The van der Waals surface area contributed by atoms with Gasteiger partial charge in [0.2, 0.25) is 0 Å². The highest BCUT2D eigenvalue weighted by Crippen LogP contribution is 2.24. The van der Waals surface area contributed by atoms with Crippen LogP contribution in [0.5, 0.6) is 0 Å². The Hall–Kier alpha value is -1.02. The molecule has 0 unspecified atom stereocenters. The van der Waals surface area contributed by atoms with Crippen molar-refractivity contribution >= 4 is 5.69 Å². The SMILES string of the molecule is [O-]N1CCCCc2ccccc21. The van der Waals surface area contributed by atoms with Crippen LogP contribution in [0, 0.1) is 5.21 Å². The zero-order chi connectivity index (χ0) is 8.39. The molecule has 0 saturated carbocycles. The molecular formula is C10H12NO-. The molecule has 1 aromatic carbocycles. The number of hydrogen-bond donors (Lipinski definition) is 0. The third-order valence-corrected chi connectivity index (χ3v) is 2.32. The van der Waals surface area contributed by atoms with Crippen LogP contribution in [-0.2, 0) is 6.42 Å². The Bertz CT molecular complexity index is 272. The molecule has 0 radical (unpaired) electrons. The number of fused-ring (bicyclic) bond motifs is 1. The van der Waals surface area contributed by atoms with Gasteiger partial charge in [-0.05, 0) is 30.9 Å². The van der Waals surface area contributed by atoms with E-state index in [0.717, 1.165) is 30.0 Å². The van der Waals surface area contributed by atoms with Crippen LogP contribution in [0.4, 0.5) is 5.69 Å². The van der Waals surface area contributed by atoms with E-state index in [1.165, 1.54) is 5.56 Å². The average Bonchev–Trinajstić information content (AvgIpc) is 2.29. The molecule has 0 aliphatic carbocycles.